The number of hydrogen-bond donors (Lipinski definition) is 1. The van der Waals surface area contributed by atoms with Gasteiger partial charge in [-0.3, -0.25) is 9.48 Å². The van der Waals surface area contributed by atoms with Crippen molar-refractivity contribution in [1.82, 2.24) is 15.1 Å². The molecule has 0 atom stereocenters. The fraction of sp³-hybridized carbons (Fsp3) is 0.333. The zero-order valence-corrected chi connectivity index (χ0v) is 13.5. The molecular weight excluding hydrogens is 318 g/mol. The van der Waals surface area contributed by atoms with Crippen LogP contribution in [0.25, 0.3) is 0 Å². The second kappa shape index (κ2) is 6.22. The lowest BCUT2D eigenvalue weighted by molar-refractivity contribution is 0.0950. The lowest BCUT2D eigenvalue weighted by Gasteiger charge is -2.06. The molecule has 1 heterocycles. The van der Waals surface area contributed by atoms with E-state index in [9.17, 15) is 4.79 Å². The maximum atomic E-state index is 12.1. The number of nitrogens with zero attached hydrogens (tertiary/aromatic N) is 2. The first-order valence-corrected chi connectivity index (χ1v) is 7.38. The van der Waals surface area contributed by atoms with Gasteiger partial charge in [-0.1, -0.05) is 6.07 Å². The van der Waals surface area contributed by atoms with E-state index in [0.29, 0.717) is 12.1 Å². The monoisotopic (exact) mass is 335 g/mol. The summed E-state index contributed by atoms with van der Waals surface area (Å²) in [6.45, 7) is 7.29. The van der Waals surface area contributed by atoms with Gasteiger partial charge < -0.3 is 5.32 Å². The van der Waals surface area contributed by atoms with Crippen LogP contribution >= 0.6 is 15.9 Å². The number of benzene rings is 1. The van der Waals surface area contributed by atoms with E-state index in [4.69, 9.17) is 0 Å². The van der Waals surface area contributed by atoms with E-state index in [1.807, 2.05) is 49.8 Å². The van der Waals surface area contributed by atoms with Crippen LogP contribution in [0.5, 0.6) is 0 Å². The van der Waals surface area contributed by atoms with E-state index in [2.05, 4.69) is 26.3 Å². The summed E-state index contributed by atoms with van der Waals surface area (Å²) in [6.07, 6.45) is 1.91. The highest BCUT2D eigenvalue weighted by atomic mass is 79.9. The quantitative estimate of drug-likeness (QED) is 0.932. The summed E-state index contributed by atoms with van der Waals surface area (Å²) in [6, 6.07) is 5.72. The standard InChI is InChI=1S/C15H18BrN3O/c1-4-19-9-13(16)14(18-19)8-17-15(20)12-6-5-10(2)11(3)7-12/h5-7,9H,4,8H2,1-3H3,(H,17,20). The number of rotatable bonds is 4. The minimum Gasteiger partial charge on any atom is -0.346 e. The van der Waals surface area contributed by atoms with Gasteiger partial charge in [0, 0.05) is 18.3 Å². The van der Waals surface area contributed by atoms with Crippen LogP contribution in [0.4, 0.5) is 0 Å². The Balaban J connectivity index is 2.04. The summed E-state index contributed by atoms with van der Waals surface area (Å²) < 4.78 is 2.75. The van der Waals surface area contributed by atoms with Crippen LogP contribution < -0.4 is 5.32 Å². The molecular formula is C15H18BrN3O. The number of halogens is 1. The zero-order chi connectivity index (χ0) is 14.7. The van der Waals surface area contributed by atoms with Crippen LogP contribution in [0.3, 0.4) is 0 Å². The molecule has 0 aliphatic heterocycles. The van der Waals surface area contributed by atoms with E-state index >= 15 is 0 Å². The molecule has 0 aliphatic carbocycles. The van der Waals surface area contributed by atoms with Gasteiger partial charge in [0.2, 0.25) is 0 Å². The van der Waals surface area contributed by atoms with Crippen molar-refractivity contribution in [1.29, 1.82) is 0 Å². The maximum Gasteiger partial charge on any atom is 0.251 e. The van der Waals surface area contributed by atoms with Crippen molar-refractivity contribution in [3.63, 3.8) is 0 Å². The molecule has 0 saturated carbocycles. The summed E-state index contributed by atoms with van der Waals surface area (Å²) in [5.74, 6) is -0.0777. The molecule has 1 aromatic heterocycles. The molecule has 0 saturated heterocycles. The van der Waals surface area contributed by atoms with Gasteiger partial charge in [0.1, 0.15) is 0 Å². The average Bonchev–Trinajstić information content (AvgIpc) is 2.79. The molecule has 1 aromatic carbocycles. The summed E-state index contributed by atoms with van der Waals surface area (Å²) in [5.41, 5.74) is 3.82. The Labute approximate surface area is 127 Å². The molecule has 0 spiro atoms. The van der Waals surface area contributed by atoms with E-state index in [-0.39, 0.29) is 5.91 Å². The van der Waals surface area contributed by atoms with Gasteiger partial charge in [0.25, 0.3) is 5.91 Å². The number of carbonyl (C=O) groups excluding carboxylic acids is 1. The average molecular weight is 336 g/mol. The predicted molar refractivity (Wildman–Crippen MR) is 82.7 cm³/mol. The van der Waals surface area contributed by atoms with Crippen molar-refractivity contribution < 1.29 is 4.79 Å². The lowest BCUT2D eigenvalue weighted by atomic mass is 10.1. The number of aromatic nitrogens is 2. The molecule has 2 aromatic rings. The van der Waals surface area contributed by atoms with Crippen LogP contribution in [0.15, 0.2) is 28.9 Å². The Morgan fingerprint density at radius 3 is 2.70 bits per heavy atom. The Kier molecular flexibility index (Phi) is 4.60. The van der Waals surface area contributed by atoms with Crippen molar-refractivity contribution in [2.45, 2.75) is 33.9 Å². The van der Waals surface area contributed by atoms with E-state index in [0.717, 1.165) is 22.3 Å². The van der Waals surface area contributed by atoms with Crippen LogP contribution in [-0.2, 0) is 13.1 Å². The van der Waals surface area contributed by atoms with Crippen molar-refractivity contribution >= 4 is 21.8 Å². The number of amides is 1. The second-order valence-electron chi connectivity index (χ2n) is 4.76. The summed E-state index contributed by atoms with van der Waals surface area (Å²) in [5, 5.41) is 7.28. The van der Waals surface area contributed by atoms with Crippen LogP contribution in [0, 0.1) is 13.8 Å². The number of carbonyl (C=O) groups is 1. The molecule has 4 nitrogen and oxygen atoms in total. The molecule has 5 heteroatoms. The fourth-order valence-electron chi connectivity index (χ4n) is 1.87. The largest absolute Gasteiger partial charge is 0.346 e. The zero-order valence-electron chi connectivity index (χ0n) is 11.9. The van der Waals surface area contributed by atoms with Gasteiger partial charge >= 0.3 is 0 Å². The highest BCUT2D eigenvalue weighted by molar-refractivity contribution is 9.10. The normalized spacial score (nSPS) is 10.6. The molecule has 20 heavy (non-hydrogen) atoms. The third-order valence-corrected chi connectivity index (χ3v) is 3.96. The Morgan fingerprint density at radius 2 is 2.10 bits per heavy atom. The minimum atomic E-state index is -0.0777. The van der Waals surface area contributed by atoms with Crippen molar-refractivity contribution in [2.24, 2.45) is 0 Å². The Morgan fingerprint density at radius 1 is 1.35 bits per heavy atom. The van der Waals surface area contributed by atoms with Crippen LogP contribution in [-0.4, -0.2) is 15.7 Å². The molecule has 0 fully saturated rings. The van der Waals surface area contributed by atoms with Gasteiger partial charge in [0.15, 0.2) is 0 Å². The van der Waals surface area contributed by atoms with Crippen molar-refractivity contribution in [3.8, 4) is 0 Å². The van der Waals surface area contributed by atoms with Gasteiger partial charge in [0.05, 0.1) is 16.7 Å². The SMILES string of the molecule is CCn1cc(Br)c(CNC(=O)c2ccc(C)c(C)c2)n1. The molecule has 1 N–H and O–H groups in total. The molecule has 0 unspecified atom stereocenters. The summed E-state index contributed by atoms with van der Waals surface area (Å²) >= 11 is 3.45. The number of hydrogen-bond acceptors (Lipinski definition) is 2. The van der Waals surface area contributed by atoms with E-state index in [1.54, 1.807) is 0 Å². The van der Waals surface area contributed by atoms with Gasteiger partial charge in [-0.05, 0) is 60.0 Å². The molecule has 2 rings (SSSR count). The van der Waals surface area contributed by atoms with Gasteiger partial charge in [-0.15, -0.1) is 0 Å². The molecule has 0 aliphatic rings. The predicted octanol–water partition coefficient (Wildman–Crippen LogP) is 3.21. The van der Waals surface area contributed by atoms with E-state index < -0.39 is 0 Å². The van der Waals surface area contributed by atoms with E-state index in [1.165, 1.54) is 5.56 Å². The highest BCUT2D eigenvalue weighted by Crippen LogP contribution is 2.15. The number of nitrogens with one attached hydrogen (secondary N) is 1. The van der Waals surface area contributed by atoms with Crippen molar-refractivity contribution in [2.75, 3.05) is 0 Å². The first-order chi connectivity index (χ1) is 9.51. The first kappa shape index (κ1) is 14.8. The third-order valence-electron chi connectivity index (χ3n) is 3.30. The van der Waals surface area contributed by atoms with Crippen LogP contribution in [0.2, 0.25) is 0 Å². The fourth-order valence-corrected chi connectivity index (χ4v) is 2.32. The number of aryl methyl sites for hydroxylation is 3. The highest BCUT2D eigenvalue weighted by Gasteiger charge is 2.10. The minimum absolute atomic E-state index is 0.0777. The maximum absolute atomic E-state index is 12.1. The smallest absolute Gasteiger partial charge is 0.251 e. The third kappa shape index (κ3) is 3.28. The topological polar surface area (TPSA) is 46.9 Å². The van der Waals surface area contributed by atoms with Gasteiger partial charge in [-0.25, -0.2) is 0 Å². The van der Waals surface area contributed by atoms with Gasteiger partial charge in [-0.2, -0.15) is 5.10 Å². The first-order valence-electron chi connectivity index (χ1n) is 6.58. The van der Waals surface area contributed by atoms with Crippen LogP contribution in [0.1, 0.15) is 34.1 Å². The molecule has 0 bridgehead atoms. The molecule has 106 valence electrons. The Bertz CT molecular complexity index is 634. The summed E-state index contributed by atoms with van der Waals surface area (Å²) in [7, 11) is 0. The lowest BCUT2D eigenvalue weighted by Crippen LogP contribution is -2.23. The molecule has 1 amide bonds. The van der Waals surface area contributed by atoms with Crippen molar-refractivity contribution in [3.05, 3.63) is 51.3 Å². The molecule has 0 radical (unpaired) electrons. The summed E-state index contributed by atoms with van der Waals surface area (Å²) in [4.78, 5) is 12.1. The Hall–Kier alpha value is -1.62. The second-order valence-corrected chi connectivity index (χ2v) is 5.62.